The quantitative estimate of drug-likeness (QED) is 0.162. The number of aromatic nitrogens is 4. The fraction of sp³-hybridized carbons (Fsp3) is 0.205. The molecule has 0 saturated carbocycles. The number of furan rings is 1. The second-order valence-corrected chi connectivity index (χ2v) is 13.4. The van der Waals surface area contributed by atoms with Crippen LogP contribution in [0.3, 0.4) is 0 Å². The van der Waals surface area contributed by atoms with E-state index >= 15 is 0 Å². The van der Waals surface area contributed by atoms with Gasteiger partial charge in [-0.15, -0.1) is 53.6 Å². The van der Waals surface area contributed by atoms with Crippen molar-refractivity contribution in [3.05, 3.63) is 143 Å². The van der Waals surface area contributed by atoms with Gasteiger partial charge in [-0.1, -0.05) is 94.1 Å². The van der Waals surface area contributed by atoms with E-state index in [1.54, 1.807) is 0 Å². The summed E-state index contributed by atoms with van der Waals surface area (Å²) in [5.41, 5.74) is 13.6. The van der Waals surface area contributed by atoms with Crippen LogP contribution in [0.4, 0.5) is 0 Å². The van der Waals surface area contributed by atoms with Crippen molar-refractivity contribution < 1.29 is 24.5 Å². The van der Waals surface area contributed by atoms with Gasteiger partial charge in [0.1, 0.15) is 5.58 Å². The van der Waals surface area contributed by atoms with E-state index in [4.69, 9.17) is 9.40 Å². The molecule has 0 aliphatic rings. The van der Waals surface area contributed by atoms with Gasteiger partial charge in [0.05, 0.1) is 28.6 Å². The Morgan fingerprint density at radius 3 is 2.14 bits per heavy atom. The molecule has 1 radical (unpaired) electrons. The first kappa shape index (κ1) is 34.9. The van der Waals surface area contributed by atoms with E-state index in [-0.39, 0.29) is 20.1 Å². The minimum atomic E-state index is 0. The second-order valence-electron chi connectivity index (χ2n) is 13.4. The summed E-state index contributed by atoms with van der Waals surface area (Å²) in [5, 5.41) is 2.17. The molecule has 4 aromatic heterocycles. The summed E-state index contributed by atoms with van der Waals surface area (Å²) in [4.78, 5) is 14.2. The van der Waals surface area contributed by atoms with E-state index in [1.165, 1.54) is 27.9 Å². The van der Waals surface area contributed by atoms with Crippen molar-refractivity contribution in [2.24, 2.45) is 0 Å². The Labute approximate surface area is 307 Å². The third-order valence-corrected chi connectivity index (χ3v) is 8.96. The van der Waals surface area contributed by atoms with Crippen molar-refractivity contribution in [3.63, 3.8) is 0 Å². The summed E-state index contributed by atoms with van der Waals surface area (Å²) < 4.78 is 8.69. The van der Waals surface area contributed by atoms with E-state index in [0.29, 0.717) is 11.8 Å². The summed E-state index contributed by atoms with van der Waals surface area (Å²) >= 11 is 0. The first-order chi connectivity index (χ1) is 23.7. The number of nitrogens with zero attached hydrogens (tertiary/aromatic N) is 4. The van der Waals surface area contributed by atoms with Gasteiger partial charge in [0.2, 0.25) is 0 Å². The van der Waals surface area contributed by atoms with Crippen molar-refractivity contribution >= 4 is 33.0 Å². The maximum atomic E-state index is 6.40. The first-order valence-corrected chi connectivity index (χ1v) is 16.9. The fourth-order valence-corrected chi connectivity index (χ4v) is 6.39. The Morgan fingerprint density at radius 2 is 1.46 bits per heavy atom. The summed E-state index contributed by atoms with van der Waals surface area (Å²) in [7, 11) is 0. The van der Waals surface area contributed by atoms with E-state index in [9.17, 15) is 0 Å². The maximum Gasteiger partial charge on any atom is 0.120 e. The maximum absolute atomic E-state index is 6.40. The Balaban J connectivity index is 0.000000242. The average molecular weight is 833 g/mol. The molecule has 6 heteroatoms. The molecule has 253 valence electrons. The van der Waals surface area contributed by atoms with E-state index in [0.717, 1.165) is 61.3 Å². The minimum Gasteiger partial charge on any atom is -0.501 e. The monoisotopic (exact) mass is 833 g/mol. The van der Waals surface area contributed by atoms with Crippen LogP contribution < -0.4 is 0 Å². The molecule has 0 aliphatic heterocycles. The number of pyridine rings is 2. The second kappa shape index (κ2) is 14.5. The number of imidazole rings is 1. The zero-order valence-corrected chi connectivity index (χ0v) is 31.9. The molecule has 0 aliphatic carbocycles. The van der Waals surface area contributed by atoms with Gasteiger partial charge in [-0.2, -0.15) is 0 Å². The average Bonchev–Trinajstić information content (AvgIpc) is 3.67. The SMILES string of the molecule is Cc1c[c-]c(-c2ccc(C)cn2)cc1.Cc1cc2nc(-c3[c-]ccc4c3oc3ccccc34)n(-c3c(C(C)C)cccc3C(C)C)c2cn1.[Ir]. The topological polar surface area (TPSA) is 56.7 Å². The van der Waals surface area contributed by atoms with E-state index < -0.39 is 0 Å². The molecule has 0 fully saturated rings. The van der Waals surface area contributed by atoms with Crippen LogP contribution in [0.25, 0.3) is 61.3 Å². The van der Waals surface area contributed by atoms with Crippen molar-refractivity contribution in [3.8, 4) is 28.3 Å². The predicted molar refractivity (Wildman–Crippen MR) is 201 cm³/mol. The van der Waals surface area contributed by atoms with Gasteiger partial charge in [-0.05, 0) is 60.2 Å². The first-order valence-electron chi connectivity index (χ1n) is 16.9. The van der Waals surface area contributed by atoms with Gasteiger partial charge in [-0.3, -0.25) is 9.97 Å². The van der Waals surface area contributed by atoms with Crippen LogP contribution in [0, 0.1) is 32.9 Å². The fourth-order valence-electron chi connectivity index (χ4n) is 6.39. The van der Waals surface area contributed by atoms with E-state index in [1.807, 2.05) is 68.7 Å². The number of hydrogen-bond acceptors (Lipinski definition) is 4. The largest absolute Gasteiger partial charge is 0.501 e. The Kier molecular flexibility index (Phi) is 10.2. The molecule has 8 rings (SSSR count). The number of aryl methyl sites for hydroxylation is 3. The molecule has 0 atom stereocenters. The number of rotatable bonds is 5. The van der Waals surface area contributed by atoms with E-state index in [2.05, 4.69) is 110 Å². The molecule has 0 N–H and O–H groups in total. The minimum absolute atomic E-state index is 0. The summed E-state index contributed by atoms with van der Waals surface area (Å²) in [6, 6.07) is 37.8. The third-order valence-electron chi connectivity index (χ3n) is 8.96. The van der Waals surface area contributed by atoms with Crippen molar-refractivity contribution in [2.45, 2.75) is 60.3 Å². The standard InChI is InChI=1S/C31H28N3O.C13H12N.Ir/c1-18(2)21-11-8-12-22(19(3)4)29(21)34-27-17-32-20(5)16-26(27)33-31(34)25-14-9-13-24-23-10-6-7-15-28(23)35-30(24)25;1-10-3-6-12(7-4-10)13-8-5-11(2)9-14-13;/h6-13,15-19H,1-5H3;3-6,8-9H,1-2H3;/q2*-1;. The zero-order chi connectivity index (χ0) is 34.2. The molecule has 0 spiro atoms. The molecule has 0 saturated heterocycles. The molecule has 0 unspecified atom stereocenters. The van der Waals surface area contributed by atoms with Gasteiger partial charge in [-0.25, -0.2) is 0 Å². The Morgan fingerprint density at radius 1 is 0.720 bits per heavy atom. The molecular weight excluding hydrogens is 793 g/mol. The predicted octanol–water partition coefficient (Wildman–Crippen LogP) is 11.5. The molecule has 4 aromatic carbocycles. The summed E-state index contributed by atoms with van der Waals surface area (Å²) in [5.74, 6) is 1.52. The molecule has 5 nitrogen and oxygen atoms in total. The van der Waals surface area contributed by atoms with Gasteiger partial charge < -0.3 is 14.0 Å². The van der Waals surface area contributed by atoms with Crippen LogP contribution >= 0.6 is 0 Å². The Bertz CT molecular complexity index is 2350. The van der Waals surface area contributed by atoms with Gasteiger partial charge >= 0.3 is 0 Å². The number of para-hydroxylation sites is 2. The van der Waals surface area contributed by atoms with Crippen LogP contribution in [0.2, 0.25) is 0 Å². The molecule has 50 heavy (non-hydrogen) atoms. The van der Waals surface area contributed by atoms with Crippen molar-refractivity contribution in [1.29, 1.82) is 0 Å². The number of hydrogen-bond donors (Lipinski definition) is 0. The van der Waals surface area contributed by atoms with Crippen LogP contribution in [-0.4, -0.2) is 19.5 Å². The zero-order valence-electron chi connectivity index (χ0n) is 29.5. The molecule has 8 aromatic rings. The van der Waals surface area contributed by atoms with Gasteiger partial charge in [0, 0.05) is 43.1 Å². The Hall–Kier alpha value is -4.90. The summed E-state index contributed by atoms with van der Waals surface area (Å²) in [6.45, 7) is 15.1. The van der Waals surface area contributed by atoms with Gasteiger partial charge in [0.15, 0.2) is 0 Å². The molecule has 0 amide bonds. The third kappa shape index (κ3) is 6.66. The molecule has 4 heterocycles. The normalized spacial score (nSPS) is 11.3. The summed E-state index contributed by atoms with van der Waals surface area (Å²) in [6.07, 6.45) is 3.82. The molecule has 0 bridgehead atoms. The van der Waals surface area contributed by atoms with Gasteiger partial charge in [0.25, 0.3) is 0 Å². The van der Waals surface area contributed by atoms with Crippen LogP contribution in [0.5, 0.6) is 0 Å². The smallest absolute Gasteiger partial charge is 0.120 e. The molecular formula is C44H40IrN4O-2. The van der Waals surface area contributed by atoms with Crippen LogP contribution in [0.1, 0.15) is 67.5 Å². The van der Waals surface area contributed by atoms with Crippen molar-refractivity contribution in [1.82, 2.24) is 19.5 Å². The number of benzene rings is 4. The van der Waals surface area contributed by atoms with Crippen LogP contribution in [-0.2, 0) is 20.1 Å². The van der Waals surface area contributed by atoms with Crippen LogP contribution in [0.15, 0.2) is 108 Å². The number of fused-ring (bicyclic) bond motifs is 4. The van der Waals surface area contributed by atoms with Crippen molar-refractivity contribution in [2.75, 3.05) is 0 Å².